The van der Waals surface area contributed by atoms with Gasteiger partial charge in [0.05, 0.1) is 16.1 Å². The zero-order chi connectivity index (χ0) is 20.1. The maximum absolute atomic E-state index is 12.8. The van der Waals surface area contributed by atoms with E-state index in [1.807, 2.05) is 30.3 Å². The number of para-hydroxylation sites is 1. The van der Waals surface area contributed by atoms with Crippen LogP contribution in [-0.2, 0) is 0 Å². The molecule has 0 unspecified atom stereocenters. The average molecular weight is 425 g/mol. The van der Waals surface area contributed by atoms with Crippen LogP contribution in [0.4, 0.5) is 15.6 Å². The van der Waals surface area contributed by atoms with Gasteiger partial charge in [-0.25, -0.2) is 14.8 Å². The van der Waals surface area contributed by atoms with Gasteiger partial charge in [0.15, 0.2) is 10.9 Å². The van der Waals surface area contributed by atoms with E-state index in [0.717, 1.165) is 34.9 Å². The number of hydrogen-bond donors (Lipinski definition) is 2. The first kappa shape index (κ1) is 19.6. The predicted molar refractivity (Wildman–Crippen MR) is 116 cm³/mol. The molecule has 6 nitrogen and oxygen atoms in total. The lowest BCUT2D eigenvalue weighted by Gasteiger charge is -2.13. The number of pyridine rings is 1. The number of Topliss-reactive ketones (excluding diaryl/α,β-unsaturated/α-hetero) is 1. The maximum atomic E-state index is 12.8. The fourth-order valence-electron chi connectivity index (χ4n) is 3.34. The van der Waals surface area contributed by atoms with E-state index in [0.29, 0.717) is 16.4 Å². The summed E-state index contributed by atoms with van der Waals surface area (Å²) in [5.74, 6) is 0.174. The number of carbonyl (C=O) groups is 2. The first-order chi connectivity index (χ1) is 14.2. The van der Waals surface area contributed by atoms with Crippen LogP contribution in [0, 0.1) is 5.92 Å². The minimum atomic E-state index is -0.416. The zero-order valence-electron chi connectivity index (χ0n) is 15.6. The third-order valence-corrected chi connectivity index (χ3v) is 6.68. The minimum absolute atomic E-state index is 0.0613. The number of ketones is 1. The van der Waals surface area contributed by atoms with Crippen molar-refractivity contribution in [3.8, 4) is 0 Å². The maximum Gasteiger partial charge on any atom is 0.325 e. The number of urea groups is 1. The van der Waals surface area contributed by atoms with Crippen LogP contribution in [0.15, 0.2) is 64.1 Å². The molecule has 2 amide bonds. The van der Waals surface area contributed by atoms with Crippen LogP contribution in [0.2, 0.25) is 0 Å². The van der Waals surface area contributed by atoms with Crippen LogP contribution < -0.4 is 10.6 Å². The minimum Gasteiger partial charge on any atom is -0.307 e. The Balaban J connectivity index is 1.40. The summed E-state index contributed by atoms with van der Waals surface area (Å²) in [6.45, 7) is 0. The average Bonchev–Trinajstić information content (AvgIpc) is 3.41. The highest BCUT2D eigenvalue weighted by Crippen LogP contribution is 2.33. The van der Waals surface area contributed by atoms with Gasteiger partial charge in [-0.1, -0.05) is 54.1 Å². The van der Waals surface area contributed by atoms with Gasteiger partial charge in [0, 0.05) is 17.7 Å². The zero-order valence-corrected chi connectivity index (χ0v) is 17.3. The highest BCUT2D eigenvalue weighted by atomic mass is 32.2. The van der Waals surface area contributed by atoms with Crippen molar-refractivity contribution in [3.63, 3.8) is 0 Å². The van der Waals surface area contributed by atoms with E-state index in [4.69, 9.17) is 0 Å². The van der Waals surface area contributed by atoms with E-state index >= 15 is 0 Å². The van der Waals surface area contributed by atoms with E-state index in [2.05, 4.69) is 20.6 Å². The number of benzene rings is 1. The molecular formula is C21H20N4O2S2. The first-order valence-corrected chi connectivity index (χ1v) is 11.1. The van der Waals surface area contributed by atoms with Crippen LogP contribution in [0.25, 0.3) is 0 Å². The standard InChI is InChI=1S/C21H20N4O2S2/c26-19(14-7-1-2-8-14)15-9-3-4-10-16(15)24-20(27)25-21-23-13-18(29-21)28-17-11-5-6-12-22-17/h3-6,9-14H,1-2,7-8H2,(H2,23,24,25,27). The molecule has 2 heterocycles. The molecule has 1 aliphatic rings. The smallest absolute Gasteiger partial charge is 0.307 e. The fourth-order valence-corrected chi connectivity index (χ4v) is 5.12. The molecule has 8 heteroatoms. The second kappa shape index (κ2) is 9.19. The van der Waals surface area contributed by atoms with Gasteiger partial charge in [-0.05, 0) is 37.1 Å². The molecule has 2 N–H and O–H groups in total. The third-order valence-electron chi connectivity index (χ3n) is 4.71. The summed E-state index contributed by atoms with van der Waals surface area (Å²) in [6, 6.07) is 12.5. The summed E-state index contributed by atoms with van der Waals surface area (Å²) in [4.78, 5) is 33.8. The predicted octanol–water partition coefficient (Wildman–Crippen LogP) is 5.71. The van der Waals surface area contributed by atoms with E-state index in [1.165, 1.54) is 23.1 Å². The summed E-state index contributed by atoms with van der Waals surface area (Å²) >= 11 is 2.86. The Labute approximate surface area is 177 Å². The number of anilines is 2. The van der Waals surface area contributed by atoms with Gasteiger partial charge in [-0.2, -0.15) is 0 Å². The molecule has 0 aliphatic heterocycles. The second-order valence-electron chi connectivity index (χ2n) is 6.72. The number of aromatic nitrogens is 2. The lowest BCUT2D eigenvalue weighted by atomic mass is 9.95. The number of hydrogen-bond acceptors (Lipinski definition) is 6. The van der Waals surface area contributed by atoms with Gasteiger partial charge in [0.2, 0.25) is 0 Å². The topological polar surface area (TPSA) is 84.0 Å². The Kier molecular flexibility index (Phi) is 6.21. The van der Waals surface area contributed by atoms with Gasteiger partial charge in [-0.15, -0.1) is 0 Å². The van der Waals surface area contributed by atoms with Crippen LogP contribution >= 0.6 is 23.1 Å². The Bertz CT molecular complexity index is 1000. The van der Waals surface area contributed by atoms with Gasteiger partial charge >= 0.3 is 6.03 Å². The SMILES string of the molecule is O=C(Nc1ncc(Sc2ccccn2)s1)Nc1ccccc1C(=O)C1CCCC1. The molecule has 0 atom stereocenters. The number of carbonyl (C=O) groups excluding carboxylic acids is 2. The number of nitrogens with one attached hydrogen (secondary N) is 2. The fraction of sp³-hybridized carbons (Fsp3) is 0.238. The molecule has 4 rings (SSSR count). The molecule has 1 saturated carbocycles. The third kappa shape index (κ3) is 5.02. The van der Waals surface area contributed by atoms with Crippen LogP contribution in [0.5, 0.6) is 0 Å². The lowest BCUT2D eigenvalue weighted by molar-refractivity contribution is 0.0924. The van der Waals surface area contributed by atoms with E-state index < -0.39 is 6.03 Å². The van der Waals surface area contributed by atoms with Crippen molar-refractivity contribution >= 4 is 45.7 Å². The monoisotopic (exact) mass is 424 g/mol. The van der Waals surface area contributed by atoms with Gasteiger partial charge in [-0.3, -0.25) is 10.1 Å². The van der Waals surface area contributed by atoms with E-state index in [1.54, 1.807) is 24.5 Å². The molecule has 29 heavy (non-hydrogen) atoms. The van der Waals surface area contributed by atoms with Gasteiger partial charge in [0.25, 0.3) is 0 Å². The molecule has 0 saturated heterocycles. The molecule has 1 fully saturated rings. The molecule has 148 valence electrons. The number of thiazole rings is 1. The quantitative estimate of drug-likeness (QED) is 0.496. The van der Waals surface area contributed by atoms with Crippen molar-refractivity contribution in [1.29, 1.82) is 0 Å². The summed E-state index contributed by atoms with van der Waals surface area (Å²) in [5, 5.41) is 6.90. The number of nitrogens with zero attached hydrogens (tertiary/aromatic N) is 2. The first-order valence-electron chi connectivity index (χ1n) is 9.45. The van der Waals surface area contributed by atoms with Crippen LogP contribution in [-0.4, -0.2) is 21.8 Å². The van der Waals surface area contributed by atoms with Crippen molar-refractivity contribution in [2.45, 2.75) is 34.9 Å². The normalized spacial score (nSPS) is 13.9. The van der Waals surface area contributed by atoms with Crippen molar-refractivity contribution in [1.82, 2.24) is 9.97 Å². The summed E-state index contributed by atoms with van der Waals surface area (Å²) in [7, 11) is 0. The molecule has 0 radical (unpaired) electrons. The molecule has 0 bridgehead atoms. The van der Waals surface area contributed by atoms with Crippen molar-refractivity contribution in [2.75, 3.05) is 10.6 Å². The van der Waals surface area contributed by atoms with Crippen LogP contribution in [0.1, 0.15) is 36.0 Å². The Hall–Kier alpha value is -2.71. The lowest BCUT2D eigenvalue weighted by Crippen LogP contribution is -2.22. The van der Waals surface area contributed by atoms with Crippen molar-refractivity contribution in [3.05, 3.63) is 60.4 Å². The molecule has 2 aromatic heterocycles. The molecule has 1 aliphatic carbocycles. The molecule has 3 aromatic rings. The number of amides is 2. The van der Waals surface area contributed by atoms with Gasteiger partial charge < -0.3 is 5.32 Å². The Morgan fingerprint density at radius 3 is 2.59 bits per heavy atom. The van der Waals surface area contributed by atoms with Crippen molar-refractivity contribution in [2.24, 2.45) is 5.92 Å². The van der Waals surface area contributed by atoms with Crippen LogP contribution in [0.3, 0.4) is 0 Å². The second-order valence-corrected chi connectivity index (χ2v) is 9.08. The molecular weight excluding hydrogens is 404 g/mol. The number of rotatable bonds is 6. The highest BCUT2D eigenvalue weighted by Gasteiger charge is 2.25. The summed E-state index contributed by atoms with van der Waals surface area (Å²) in [6.07, 6.45) is 7.48. The van der Waals surface area contributed by atoms with E-state index in [9.17, 15) is 9.59 Å². The molecule has 1 aromatic carbocycles. The van der Waals surface area contributed by atoms with Crippen molar-refractivity contribution < 1.29 is 9.59 Å². The summed E-state index contributed by atoms with van der Waals surface area (Å²) in [5.41, 5.74) is 1.10. The molecule has 0 spiro atoms. The Morgan fingerprint density at radius 1 is 1.00 bits per heavy atom. The highest BCUT2D eigenvalue weighted by molar-refractivity contribution is 8.01. The van der Waals surface area contributed by atoms with Gasteiger partial charge in [0.1, 0.15) is 5.03 Å². The van der Waals surface area contributed by atoms with E-state index in [-0.39, 0.29) is 11.7 Å². The largest absolute Gasteiger partial charge is 0.325 e. The Morgan fingerprint density at radius 2 is 1.79 bits per heavy atom. The summed E-state index contributed by atoms with van der Waals surface area (Å²) < 4.78 is 0.927.